The average molecular weight is 370 g/mol. The van der Waals surface area contributed by atoms with Crippen LogP contribution >= 0.6 is 0 Å². The van der Waals surface area contributed by atoms with Crippen molar-refractivity contribution in [2.45, 2.75) is 32.1 Å². The lowest BCUT2D eigenvalue weighted by Gasteiger charge is -2.42. The number of hydrogen-bond donors (Lipinski definition) is 0. The molecule has 0 aromatic heterocycles. The predicted molar refractivity (Wildman–Crippen MR) is 105 cm³/mol. The molecule has 0 radical (unpaired) electrons. The Bertz CT molecular complexity index is 655. The molecule has 2 aliphatic heterocycles. The minimum atomic E-state index is 0.0981. The third-order valence-electron chi connectivity index (χ3n) is 6.68. The first-order chi connectivity index (χ1) is 13.2. The van der Waals surface area contributed by atoms with Crippen molar-refractivity contribution in [2.24, 2.45) is 11.8 Å². The molecule has 3 fully saturated rings. The van der Waals surface area contributed by atoms with Crippen LogP contribution in [0.25, 0.3) is 0 Å². The number of carbonyl (C=O) groups is 2. The molecular weight excluding hydrogens is 338 g/mol. The number of carbonyl (C=O) groups excluding carboxylic acids is 2. The molecule has 146 valence electrons. The monoisotopic (exact) mass is 369 g/mol. The van der Waals surface area contributed by atoms with E-state index in [2.05, 4.69) is 9.80 Å². The van der Waals surface area contributed by atoms with Gasteiger partial charge in [0.25, 0.3) is 5.91 Å². The first-order valence-corrected chi connectivity index (χ1v) is 10.5. The van der Waals surface area contributed by atoms with Gasteiger partial charge in [-0.05, 0) is 36.8 Å². The van der Waals surface area contributed by atoms with E-state index in [-0.39, 0.29) is 11.8 Å². The molecule has 4 rings (SSSR count). The number of rotatable bonds is 3. The molecule has 2 heterocycles. The second kappa shape index (κ2) is 8.42. The fraction of sp³-hybridized carbons (Fsp3) is 0.636. The van der Waals surface area contributed by atoms with Gasteiger partial charge in [-0.25, -0.2) is 0 Å². The third kappa shape index (κ3) is 4.34. The van der Waals surface area contributed by atoms with Gasteiger partial charge in [-0.2, -0.15) is 0 Å². The van der Waals surface area contributed by atoms with Gasteiger partial charge in [0.2, 0.25) is 5.91 Å². The van der Waals surface area contributed by atoms with Gasteiger partial charge in [-0.3, -0.25) is 14.5 Å². The predicted octanol–water partition coefficient (Wildman–Crippen LogP) is 2.48. The minimum Gasteiger partial charge on any atom is -0.341 e. The Morgan fingerprint density at radius 1 is 0.815 bits per heavy atom. The highest BCUT2D eigenvalue weighted by molar-refractivity contribution is 5.94. The van der Waals surface area contributed by atoms with Crippen molar-refractivity contribution in [2.75, 3.05) is 45.8 Å². The molecule has 0 N–H and O–H groups in total. The highest BCUT2D eigenvalue weighted by atomic mass is 16.2. The SMILES string of the molecule is O=C(CN1CCN(C(=O)c2ccccc2)CC1)N1CC[C@H]2CCCC[C@@H]2C1. The molecule has 1 aromatic carbocycles. The Morgan fingerprint density at radius 3 is 2.26 bits per heavy atom. The van der Waals surface area contributed by atoms with Gasteiger partial charge < -0.3 is 9.80 Å². The van der Waals surface area contributed by atoms with Gasteiger partial charge in [0.15, 0.2) is 0 Å². The zero-order valence-electron chi connectivity index (χ0n) is 16.2. The van der Waals surface area contributed by atoms with E-state index >= 15 is 0 Å². The van der Waals surface area contributed by atoms with E-state index in [4.69, 9.17) is 0 Å². The molecule has 1 aromatic rings. The molecule has 5 heteroatoms. The van der Waals surface area contributed by atoms with Gasteiger partial charge in [0, 0.05) is 44.8 Å². The minimum absolute atomic E-state index is 0.0981. The van der Waals surface area contributed by atoms with Crippen molar-refractivity contribution in [3.63, 3.8) is 0 Å². The fourth-order valence-electron chi connectivity index (χ4n) is 4.99. The number of piperidine rings is 1. The molecular formula is C22H31N3O2. The van der Waals surface area contributed by atoms with E-state index < -0.39 is 0 Å². The summed E-state index contributed by atoms with van der Waals surface area (Å²) in [7, 11) is 0. The van der Waals surface area contributed by atoms with Crippen LogP contribution < -0.4 is 0 Å². The van der Waals surface area contributed by atoms with Gasteiger partial charge in [0.05, 0.1) is 6.54 Å². The molecule has 2 amide bonds. The Balaban J connectivity index is 1.24. The summed E-state index contributed by atoms with van der Waals surface area (Å²) in [5, 5.41) is 0. The molecule has 0 unspecified atom stereocenters. The van der Waals surface area contributed by atoms with Crippen molar-refractivity contribution in [3.8, 4) is 0 Å². The summed E-state index contributed by atoms with van der Waals surface area (Å²) in [6, 6.07) is 9.46. The number of fused-ring (bicyclic) bond motifs is 1. The zero-order valence-corrected chi connectivity index (χ0v) is 16.2. The second-order valence-corrected chi connectivity index (χ2v) is 8.37. The van der Waals surface area contributed by atoms with Crippen LogP contribution in [0.5, 0.6) is 0 Å². The summed E-state index contributed by atoms with van der Waals surface area (Å²) in [4.78, 5) is 31.5. The molecule has 0 spiro atoms. The van der Waals surface area contributed by atoms with E-state index in [0.29, 0.717) is 19.6 Å². The van der Waals surface area contributed by atoms with Gasteiger partial charge in [-0.1, -0.05) is 37.5 Å². The lowest BCUT2D eigenvalue weighted by atomic mass is 9.75. The van der Waals surface area contributed by atoms with Gasteiger partial charge in [0.1, 0.15) is 0 Å². The highest BCUT2D eigenvalue weighted by Crippen LogP contribution is 2.36. The smallest absolute Gasteiger partial charge is 0.253 e. The van der Waals surface area contributed by atoms with E-state index in [1.807, 2.05) is 35.2 Å². The Kier molecular flexibility index (Phi) is 5.77. The Morgan fingerprint density at radius 2 is 1.52 bits per heavy atom. The van der Waals surface area contributed by atoms with Crippen molar-refractivity contribution in [1.29, 1.82) is 0 Å². The summed E-state index contributed by atoms with van der Waals surface area (Å²) in [5.41, 5.74) is 0.748. The molecule has 1 aliphatic carbocycles. The first-order valence-electron chi connectivity index (χ1n) is 10.5. The quantitative estimate of drug-likeness (QED) is 0.822. The lowest BCUT2D eigenvalue weighted by Crippen LogP contribution is -2.53. The summed E-state index contributed by atoms with van der Waals surface area (Å²) in [5.74, 6) is 1.97. The van der Waals surface area contributed by atoms with Crippen LogP contribution in [0.3, 0.4) is 0 Å². The molecule has 2 atom stereocenters. The first kappa shape index (κ1) is 18.5. The lowest BCUT2D eigenvalue weighted by molar-refractivity contribution is -0.135. The van der Waals surface area contributed by atoms with Crippen LogP contribution in [0, 0.1) is 11.8 Å². The van der Waals surface area contributed by atoms with Crippen LogP contribution in [0.15, 0.2) is 30.3 Å². The van der Waals surface area contributed by atoms with Crippen molar-refractivity contribution in [1.82, 2.24) is 14.7 Å². The Hall–Kier alpha value is -1.88. The van der Waals surface area contributed by atoms with E-state index in [0.717, 1.165) is 43.6 Å². The zero-order chi connectivity index (χ0) is 18.6. The maximum absolute atomic E-state index is 12.8. The van der Waals surface area contributed by atoms with Crippen LogP contribution in [0.4, 0.5) is 0 Å². The highest BCUT2D eigenvalue weighted by Gasteiger charge is 2.33. The average Bonchev–Trinajstić information content (AvgIpc) is 2.74. The molecule has 3 aliphatic rings. The van der Waals surface area contributed by atoms with Gasteiger partial charge >= 0.3 is 0 Å². The summed E-state index contributed by atoms with van der Waals surface area (Å²) in [6.07, 6.45) is 6.57. The molecule has 2 saturated heterocycles. The van der Waals surface area contributed by atoms with Crippen LogP contribution in [0.1, 0.15) is 42.5 Å². The fourth-order valence-corrected chi connectivity index (χ4v) is 4.99. The summed E-state index contributed by atoms with van der Waals surface area (Å²) >= 11 is 0. The second-order valence-electron chi connectivity index (χ2n) is 8.37. The number of nitrogens with zero attached hydrogens (tertiary/aromatic N) is 3. The summed E-state index contributed by atoms with van der Waals surface area (Å²) < 4.78 is 0. The Labute approximate surface area is 162 Å². The largest absolute Gasteiger partial charge is 0.341 e. The number of hydrogen-bond acceptors (Lipinski definition) is 3. The number of benzene rings is 1. The van der Waals surface area contributed by atoms with Crippen LogP contribution in [-0.4, -0.2) is 72.3 Å². The van der Waals surface area contributed by atoms with Crippen molar-refractivity contribution in [3.05, 3.63) is 35.9 Å². The van der Waals surface area contributed by atoms with Gasteiger partial charge in [-0.15, -0.1) is 0 Å². The maximum Gasteiger partial charge on any atom is 0.253 e. The number of likely N-dealkylation sites (tertiary alicyclic amines) is 1. The standard InChI is InChI=1S/C22H31N3O2/c26-21(25-11-10-18-6-4-5-9-20(18)16-25)17-23-12-14-24(15-13-23)22(27)19-7-2-1-3-8-19/h1-3,7-8,18,20H,4-6,9-17H2/t18-,20-/m1/s1. The molecule has 1 saturated carbocycles. The maximum atomic E-state index is 12.8. The van der Waals surface area contributed by atoms with E-state index in [1.165, 1.54) is 32.1 Å². The van der Waals surface area contributed by atoms with E-state index in [9.17, 15) is 9.59 Å². The topological polar surface area (TPSA) is 43.9 Å². The molecule has 0 bridgehead atoms. The summed E-state index contributed by atoms with van der Waals surface area (Å²) in [6.45, 7) is 5.37. The number of amides is 2. The number of piperazine rings is 1. The normalized spacial score (nSPS) is 26.5. The van der Waals surface area contributed by atoms with Crippen LogP contribution in [-0.2, 0) is 4.79 Å². The van der Waals surface area contributed by atoms with Crippen molar-refractivity contribution < 1.29 is 9.59 Å². The van der Waals surface area contributed by atoms with Crippen LogP contribution in [0.2, 0.25) is 0 Å². The molecule has 5 nitrogen and oxygen atoms in total. The molecule has 27 heavy (non-hydrogen) atoms. The van der Waals surface area contributed by atoms with E-state index in [1.54, 1.807) is 0 Å². The van der Waals surface area contributed by atoms with Crippen molar-refractivity contribution >= 4 is 11.8 Å². The third-order valence-corrected chi connectivity index (χ3v) is 6.68.